The SMILES string of the molecule is BC[C@@H](COC)OC. The second-order valence-corrected chi connectivity index (χ2v) is 1.72. The van der Waals surface area contributed by atoms with Crippen molar-refractivity contribution in [1.82, 2.24) is 0 Å². The van der Waals surface area contributed by atoms with Crippen LogP contribution >= 0.6 is 0 Å². The summed E-state index contributed by atoms with van der Waals surface area (Å²) in [4.78, 5) is 0. The first-order valence-corrected chi connectivity index (χ1v) is 2.86. The molecule has 0 aromatic heterocycles. The second kappa shape index (κ2) is 5.13. The van der Waals surface area contributed by atoms with Crippen molar-refractivity contribution in [2.24, 2.45) is 0 Å². The van der Waals surface area contributed by atoms with Gasteiger partial charge in [0.1, 0.15) is 7.85 Å². The molecule has 2 nitrogen and oxygen atoms in total. The number of hydrogen-bond acceptors (Lipinski definition) is 2. The van der Waals surface area contributed by atoms with Crippen LogP contribution in [-0.2, 0) is 9.47 Å². The molecule has 1 atom stereocenters. The van der Waals surface area contributed by atoms with E-state index < -0.39 is 0 Å². The third kappa shape index (κ3) is 3.05. The van der Waals surface area contributed by atoms with Crippen LogP contribution in [0.2, 0.25) is 6.32 Å². The Hall–Kier alpha value is -0.0151. The van der Waals surface area contributed by atoms with Crippen LogP contribution in [0.4, 0.5) is 0 Å². The van der Waals surface area contributed by atoms with Crippen LogP contribution in [-0.4, -0.2) is 34.8 Å². The molecule has 0 bridgehead atoms. The highest BCUT2D eigenvalue weighted by Crippen LogP contribution is 1.92. The summed E-state index contributed by atoms with van der Waals surface area (Å²) in [5.74, 6) is 0. The molecule has 3 heteroatoms. The number of hydrogen-bond donors (Lipinski definition) is 0. The fourth-order valence-electron chi connectivity index (χ4n) is 0.538. The third-order valence-electron chi connectivity index (χ3n) is 1.14. The maximum Gasteiger partial charge on any atom is 0.104 e. The van der Waals surface area contributed by atoms with Crippen LogP contribution in [0.5, 0.6) is 0 Å². The summed E-state index contributed by atoms with van der Waals surface area (Å²) in [5.41, 5.74) is 0. The summed E-state index contributed by atoms with van der Waals surface area (Å²) in [6.45, 7) is 0.701. The zero-order chi connectivity index (χ0) is 6.41. The van der Waals surface area contributed by atoms with Crippen molar-refractivity contribution in [2.45, 2.75) is 12.4 Å². The van der Waals surface area contributed by atoms with E-state index in [0.717, 1.165) is 6.32 Å². The van der Waals surface area contributed by atoms with E-state index in [2.05, 4.69) is 7.85 Å². The van der Waals surface area contributed by atoms with Crippen molar-refractivity contribution >= 4 is 7.85 Å². The minimum atomic E-state index is 0.278. The minimum Gasteiger partial charge on any atom is -0.382 e. The van der Waals surface area contributed by atoms with E-state index in [-0.39, 0.29) is 6.10 Å². The lowest BCUT2D eigenvalue weighted by Crippen LogP contribution is -2.15. The average molecular weight is 116 g/mol. The Morgan fingerprint density at radius 2 is 2.12 bits per heavy atom. The van der Waals surface area contributed by atoms with Gasteiger partial charge in [0.25, 0.3) is 0 Å². The van der Waals surface area contributed by atoms with Crippen LogP contribution in [0.1, 0.15) is 0 Å². The fraction of sp³-hybridized carbons (Fsp3) is 1.00. The molecule has 48 valence electrons. The van der Waals surface area contributed by atoms with Crippen molar-refractivity contribution in [1.29, 1.82) is 0 Å². The summed E-state index contributed by atoms with van der Waals surface area (Å²) in [5, 5.41) is 0. The summed E-state index contributed by atoms with van der Waals surface area (Å²) in [6, 6.07) is 0. The van der Waals surface area contributed by atoms with Crippen LogP contribution < -0.4 is 0 Å². The Balaban J connectivity index is 3.07. The lowest BCUT2D eigenvalue weighted by atomic mass is 10.0. The van der Waals surface area contributed by atoms with Gasteiger partial charge in [-0.3, -0.25) is 0 Å². The van der Waals surface area contributed by atoms with Crippen molar-refractivity contribution in [2.75, 3.05) is 20.8 Å². The van der Waals surface area contributed by atoms with E-state index in [0.29, 0.717) is 6.61 Å². The Kier molecular flexibility index (Phi) is 5.12. The first kappa shape index (κ1) is 7.98. The van der Waals surface area contributed by atoms with Gasteiger partial charge in [0.2, 0.25) is 0 Å². The Bertz CT molecular complexity index is 45.7. The molecular weight excluding hydrogens is 103 g/mol. The lowest BCUT2D eigenvalue weighted by Gasteiger charge is -2.09. The van der Waals surface area contributed by atoms with E-state index in [9.17, 15) is 0 Å². The van der Waals surface area contributed by atoms with Gasteiger partial charge in [-0.1, -0.05) is 6.32 Å². The maximum absolute atomic E-state index is 5.01. The smallest absolute Gasteiger partial charge is 0.104 e. The van der Waals surface area contributed by atoms with Crippen molar-refractivity contribution in [3.8, 4) is 0 Å². The van der Waals surface area contributed by atoms with E-state index in [4.69, 9.17) is 9.47 Å². The monoisotopic (exact) mass is 116 g/mol. The van der Waals surface area contributed by atoms with E-state index in [1.807, 2.05) is 0 Å². The molecule has 0 saturated heterocycles. The number of rotatable bonds is 4. The molecule has 0 heterocycles. The van der Waals surface area contributed by atoms with Crippen molar-refractivity contribution in [3.63, 3.8) is 0 Å². The topological polar surface area (TPSA) is 18.5 Å². The van der Waals surface area contributed by atoms with Crippen LogP contribution in [0.15, 0.2) is 0 Å². The summed E-state index contributed by atoms with van der Waals surface area (Å²) >= 11 is 0. The Labute approximate surface area is 51.6 Å². The molecule has 0 spiro atoms. The predicted molar refractivity (Wildman–Crippen MR) is 36.0 cm³/mol. The molecule has 0 radical (unpaired) electrons. The van der Waals surface area contributed by atoms with Gasteiger partial charge in [-0.15, -0.1) is 0 Å². The van der Waals surface area contributed by atoms with Gasteiger partial charge in [0.05, 0.1) is 12.7 Å². The largest absolute Gasteiger partial charge is 0.382 e. The molecule has 0 fully saturated rings. The fourth-order valence-corrected chi connectivity index (χ4v) is 0.538. The molecule has 0 aromatic carbocycles. The molecule has 0 aliphatic rings. The standard InChI is InChI=1S/C5H13BO2/c1-7-4-5(3-6)8-2/h5H,3-4,6H2,1-2H3/t5-/m0/s1. The van der Waals surface area contributed by atoms with Crippen LogP contribution in [0.25, 0.3) is 0 Å². The number of methoxy groups -OCH3 is 2. The van der Waals surface area contributed by atoms with Gasteiger partial charge in [-0.25, -0.2) is 0 Å². The quantitative estimate of drug-likeness (QED) is 0.469. The van der Waals surface area contributed by atoms with Gasteiger partial charge in [0, 0.05) is 14.2 Å². The third-order valence-corrected chi connectivity index (χ3v) is 1.14. The predicted octanol–water partition coefficient (Wildman–Crippen LogP) is -0.301. The first-order chi connectivity index (χ1) is 3.85. The normalized spacial score (nSPS) is 13.8. The molecule has 8 heavy (non-hydrogen) atoms. The highest BCUT2D eigenvalue weighted by Gasteiger charge is 2.00. The summed E-state index contributed by atoms with van der Waals surface area (Å²) in [6.07, 6.45) is 1.30. The molecule has 0 aromatic rings. The van der Waals surface area contributed by atoms with Gasteiger partial charge in [-0.2, -0.15) is 0 Å². The molecule has 0 saturated carbocycles. The average Bonchev–Trinajstić information content (AvgIpc) is 1.83. The molecule has 0 amide bonds. The molecule has 0 aliphatic carbocycles. The van der Waals surface area contributed by atoms with Crippen molar-refractivity contribution in [3.05, 3.63) is 0 Å². The van der Waals surface area contributed by atoms with Gasteiger partial charge >= 0.3 is 0 Å². The molecule has 0 unspecified atom stereocenters. The zero-order valence-corrected chi connectivity index (χ0v) is 5.81. The lowest BCUT2D eigenvalue weighted by molar-refractivity contribution is 0.0406. The molecule has 0 rings (SSSR count). The van der Waals surface area contributed by atoms with Gasteiger partial charge in [-0.05, 0) is 0 Å². The summed E-state index contributed by atoms with van der Waals surface area (Å²) in [7, 11) is 5.46. The highest BCUT2D eigenvalue weighted by atomic mass is 16.5. The van der Waals surface area contributed by atoms with Gasteiger partial charge in [0.15, 0.2) is 0 Å². The number of ether oxygens (including phenoxy) is 2. The van der Waals surface area contributed by atoms with E-state index in [1.54, 1.807) is 14.2 Å². The van der Waals surface area contributed by atoms with E-state index >= 15 is 0 Å². The molecule has 0 N–H and O–H groups in total. The zero-order valence-electron chi connectivity index (χ0n) is 5.81. The van der Waals surface area contributed by atoms with E-state index in [1.165, 1.54) is 0 Å². The highest BCUT2D eigenvalue weighted by molar-refractivity contribution is 6.08. The Morgan fingerprint density at radius 1 is 1.50 bits per heavy atom. The molecule has 0 aliphatic heterocycles. The Morgan fingerprint density at radius 3 is 2.25 bits per heavy atom. The second-order valence-electron chi connectivity index (χ2n) is 1.72. The summed E-state index contributed by atoms with van der Waals surface area (Å²) < 4.78 is 9.88. The van der Waals surface area contributed by atoms with Crippen LogP contribution in [0, 0.1) is 0 Å². The van der Waals surface area contributed by atoms with Gasteiger partial charge < -0.3 is 9.47 Å². The van der Waals surface area contributed by atoms with Crippen molar-refractivity contribution < 1.29 is 9.47 Å². The van der Waals surface area contributed by atoms with Crippen LogP contribution in [0.3, 0.4) is 0 Å². The minimum absolute atomic E-state index is 0.278. The molecular formula is C5H13BO2. The maximum atomic E-state index is 5.01. The first-order valence-electron chi connectivity index (χ1n) is 2.86.